The lowest BCUT2D eigenvalue weighted by Crippen LogP contribution is -2.42. The van der Waals surface area contributed by atoms with Crippen LogP contribution in [0.3, 0.4) is 0 Å². The number of aromatic nitrogens is 3. The molecule has 0 saturated heterocycles. The molecule has 6 nitrogen and oxygen atoms in total. The number of hydrogen-bond donors (Lipinski definition) is 0. The van der Waals surface area contributed by atoms with Crippen LogP contribution in [-0.2, 0) is 0 Å². The molecule has 0 aliphatic heterocycles. The largest absolute Gasteiger partial charge is 0.493 e. The van der Waals surface area contributed by atoms with Gasteiger partial charge in [-0.3, -0.25) is 4.79 Å². The van der Waals surface area contributed by atoms with Gasteiger partial charge in [0.15, 0.2) is 5.65 Å². The van der Waals surface area contributed by atoms with Crippen LogP contribution in [0.4, 0.5) is 0 Å². The van der Waals surface area contributed by atoms with Gasteiger partial charge in [-0.2, -0.15) is 5.10 Å². The van der Waals surface area contributed by atoms with Crippen molar-refractivity contribution in [3.8, 4) is 17.0 Å². The molecule has 1 atom stereocenters. The minimum absolute atomic E-state index is 0.0193. The molecule has 2 aromatic heterocycles. The maximum atomic E-state index is 12.4. The lowest BCUT2D eigenvalue weighted by Gasteiger charge is -2.40. The Hall–Kier alpha value is -1.78. The highest BCUT2D eigenvalue weighted by Crippen LogP contribution is 2.40. The van der Waals surface area contributed by atoms with Crippen molar-refractivity contribution in [1.82, 2.24) is 19.7 Å². The van der Waals surface area contributed by atoms with E-state index in [0.29, 0.717) is 23.1 Å². The quantitative estimate of drug-likeness (QED) is 0.135. The Morgan fingerprint density at radius 2 is 1.89 bits per heavy atom. The molecular weight excluding hydrogens is 579 g/mol. The Morgan fingerprint density at radius 3 is 2.47 bits per heavy atom. The number of ether oxygens (including phenoxy) is 1. The van der Waals surface area contributed by atoms with E-state index in [-0.39, 0.29) is 9.83 Å². The van der Waals surface area contributed by atoms with E-state index < -0.39 is 8.07 Å². The Bertz CT molecular complexity index is 1210. The first kappa shape index (κ1) is 28.8. The van der Waals surface area contributed by atoms with Crippen molar-refractivity contribution in [2.75, 3.05) is 27.2 Å². The zero-order valence-electron chi connectivity index (χ0n) is 23.2. The smallest absolute Gasteiger partial charge is 0.223 e. The van der Waals surface area contributed by atoms with Crippen LogP contribution in [-0.4, -0.2) is 58.8 Å². The summed E-state index contributed by atoms with van der Waals surface area (Å²) in [5, 5.41) is 5.62. The first-order valence-corrected chi connectivity index (χ1v) is 16.9. The van der Waals surface area contributed by atoms with E-state index in [1.54, 1.807) is 6.20 Å². The normalized spacial score (nSPS) is 13.6. The fraction of sp³-hybridized carbons (Fsp3) is 0.536. The summed E-state index contributed by atoms with van der Waals surface area (Å²) in [4.78, 5) is 19.6. The summed E-state index contributed by atoms with van der Waals surface area (Å²) in [5.41, 5.74) is 3.04. The van der Waals surface area contributed by atoms with Gasteiger partial charge in [0.25, 0.3) is 0 Å². The molecule has 0 spiro atoms. The number of rotatable bonds is 10. The molecule has 1 unspecified atom stereocenters. The molecule has 0 amide bonds. The zero-order chi connectivity index (χ0) is 26.8. The fourth-order valence-corrected chi connectivity index (χ4v) is 7.14. The predicted molar refractivity (Wildman–Crippen MR) is 161 cm³/mol. The summed E-state index contributed by atoms with van der Waals surface area (Å²) in [5.74, 6) is 1.29. The monoisotopic (exact) mass is 620 g/mol. The third-order valence-corrected chi connectivity index (χ3v) is 13.6. The highest BCUT2D eigenvalue weighted by atomic mass is 127. The Balaban J connectivity index is 1.89. The van der Waals surface area contributed by atoms with Gasteiger partial charge in [-0.1, -0.05) is 46.0 Å². The fourth-order valence-electron chi connectivity index (χ4n) is 4.39. The molecule has 0 aliphatic carbocycles. The number of benzene rings is 1. The molecule has 2 heterocycles. The average Bonchev–Trinajstić information content (AvgIpc) is 3.20. The summed E-state index contributed by atoms with van der Waals surface area (Å²) < 4.78 is 8.23. The van der Waals surface area contributed by atoms with Crippen LogP contribution in [0.5, 0.6) is 5.75 Å². The first-order chi connectivity index (χ1) is 16.7. The first-order valence-electron chi connectivity index (χ1n) is 12.7. The molecule has 0 N–H and O–H groups in total. The van der Waals surface area contributed by atoms with Gasteiger partial charge in [-0.25, -0.2) is 9.67 Å². The van der Waals surface area contributed by atoms with Gasteiger partial charge < -0.3 is 9.64 Å². The maximum Gasteiger partial charge on any atom is 0.223 e. The summed E-state index contributed by atoms with van der Waals surface area (Å²) in [6.07, 6.45) is 1.74. The van der Waals surface area contributed by atoms with Crippen molar-refractivity contribution < 1.29 is 9.53 Å². The van der Waals surface area contributed by atoms with Crippen molar-refractivity contribution in [2.45, 2.75) is 64.8 Å². The van der Waals surface area contributed by atoms with Gasteiger partial charge in [0, 0.05) is 52.2 Å². The second-order valence-corrected chi connectivity index (χ2v) is 18.7. The van der Waals surface area contributed by atoms with Crippen molar-refractivity contribution in [2.24, 2.45) is 5.92 Å². The number of fused-ring (bicyclic) bond motifs is 1. The molecule has 8 heteroatoms. The van der Waals surface area contributed by atoms with Crippen LogP contribution in [0.15, 0.2) is 36.5 Å². The van der Waals surface area contributed by atoms with Crippen LogP contribution >= 0.6 is 22.6 Å². The Labute approximate surface area is 231 Å². The van der Waals surface area contributed by atoms with Crippen LogP contribution in [0, 0.1) is 5.92 Å². The van der Waals surface area contributed by atoms with E-state index in [1.807, 2.05) is 57.6 Å². The summed E-state index contributed by atoms with van der Waals surface area (Å²) in [7, 11) is 2.82. The lowest BCUT2D eigenvalue weighted by molar-refractivity contribution is 0.110. The average molecular weight is 621 g/mol. The molecule has 3 aromatic rings. The van der Waals surface area contributed by atoms with E-state index in [1.165, 1.54) is 6.04 Å². The van der Waals surface area contributed by atoms with Gasteiger partial charge in [0.2, 0.25) is 3.79 Å². The Morgan fingerprint density at radius 1 is 1.19 bits per heavy atom. The number of carbonyl (C=O) groups excluding carboxylic acids is 1. The minimum Gasteiger partial charge on any atom is -0.493 e. The number of halogens is 1. The summed E-state index contributed by atoms with van der Waals surface area (Å²) in [6.45, 7) is 17.9. The second kappa shape index (κ2) is 11.3. The van der Waals surface area contributed by atoms with Crippen molar-refractivity contribution in [3.05, 3.63) is 42.1 Å². The molecule has 36 heavy (non-hydrogen) atoms. The van der Waals surface area contributed by atoms with Gasteiger partial charge in [-0.15, -0.1) is 0 Å². The predicted octanol–water partition coefficient (Wildman–Crippen LogP) is 7.32. The number of carbonyl (C=O) groups is 1. The van der Waals surface area contributed by atoms with E-state index in [0.717, 1.165) is 34.6 Å². The molecule has 0 aliphatic rings. The molecule has 0 fully saturated rings. The van der Waals surface area contributed by atoms with Gasteiger partial charge in [-0.05, 0) is 57.2 Å². The lowest BCUT2D eigenvalue weighted by atomic mass is 10.1. The third-order valence-electron chi connectivity index (χ3n) is 7.34. The van der Waals surface area contributed by atoms with Gasteiger partial charge in [0.05, 0.1) is 32.0 Å². The summed E-state index contributed by atoms with van der Waals surface area (Å²) >= 11 is 1.84. The molecule has 0 bridgehead atoms. The van der Waals surface area contributed by atoms with Crippen molar-refractivity contribution in [1.29, 1.82) is 0 Å². The van der Waals surface area contributed by atoms with Crippen LogP contribution in [0.2, 0.25) is 24.2 Å². The highest BCUT2D eigenvalue weighted by molar-refractivity contribution is 14.1. The van der Waals surface area contributed by atoms with E-state index in [9.17, 15) is 4.79 Å². The van der Waals surface area contributed by atoms with Gasteiger partial charge in [0.1, 0.15) is 5.75 Å². The number of pyridine rings is 1. The van der Waals surface area contributed by atoms with E-state index in [4.69, 9.17) is 9.72 Å². The second-order valence-electron chi connectivity index (χ2n) is 12.1. The van der Waals surface area contributed by atoms with Crippen LogP contribution in [0.1, 0.15) is 51.0 Å². The zero-order valence-corrected chi connectivity index (χ0v) is 26.4. The highest BCUT2D eigenvalue weighted by Gasteiger charge is 2.37. The third kappa shape index (κ3) is 6.75. The van der Waals surface area contributed by atoms with Crippen molar-refractivity contribution >= 4 is 45.5 Å². The topological polar surface area (TPSA) is 60.3 Å². The van der Waals surface area contributed by atoms with E-state index in [2.05, 4.69) is 71.8 Å². The van der Waals surface area contributed by atoms with Gasteiger partial charge >= 0.3 is 0 Å². The molecular formula is C28H41IN4O2Si. The van der Waals surface area contributed by atoms with E-state index >= 15 is 0 Å². The maximum absolute atomic E-state index is 12.4. The van der Waals surface area contributed by atoms with Crippen LogP contribution in [0.25, 0.3) is 22.3 Å². The SMILES string of the molecule is CC(C)n1ncc2c(C(=O)I)cc(-c3cccc(OCC(CN(C)C)C[Si](C)(C)C(C)(C)C)c3)nc21. The molecule has 1 aromatic carbocycles. The molecule has 3 rings (SSSR count). The summed E-state index contributed by atoms with van der Waals surface area (Å²) in [6, 6.07) is 11.3. The van der Waals surface area contributed by atoms with Crippen molar-refractivity contribution in [3.63, 3.8) is 0 Å². The molecule has 0 saturated carbocycles. The molecule has 0 radical (unpaired) electrons. The van der Waals surface area contributed by atoms with Crippen LogP contribution < -0.4 is 4.74 Å². The standard InChI is InChI=1S/C28H41IN4O2Si/c1-19(2)33-27-24(15-30-33)23(26(29)34)14-25(31-27)21-11-10-12-22(13-21)35-17-20(16-32(6)7)18-36(8,9)28(3,4)5/h10-15,19-20H,16-18H2,1-9H3. The molecule has 196 valence electrons. The Kier molecular flexibility index (Phi) is 9.04. The number of nitrogens with zero attached hydrogens (tertiary/aromatic N) is 4. The number of hydrogen-bond acceptors (Lipinski definition) is 5. The minimum atomic E-state index is -1.45.